The number of fused-ring (bicyclic) bond motifs is 3. The number of aliphatic carboxylic acids is 1. The van der Waals surface area contributed by atoms with Crippen molar-refractivity contribution in [3.05, 3.63) is 41.5 Å². The number of rotatable bonds is 12. The number of carboxylic acids is 1. The van der Waals surface area contributed by atoms with Gasteiger partial charge in [-0.05, 0) is 105 Å². The van der Waals surface area contributed by atoms with E-state index in [1.54, 1.807) is 6.92 Å². The van der Waals surface area contributed by atoms with E-state index in [2.05, 4.69) is 32.2 Å². The van der Waals surface area contributed by atoms with E-state index in [1.165, 1.54) is 36.8 Å². The number of benzene rings is 1. The molecule has 2 heterocycles. The van der Waals surface area contributed by atoms with Crippen molar-refractivity contribution in [2.45, 2.75) is 167 Å². The van der Waals surface area contributed by atoms with Gasteiger partial charge in [0.25, 0.3) is 0 Å². The number of nitrogens with two attached hydrogens (primary N) is 1. The van der Waals surface area contributed by atoms with E-state index in [9.17, 15) is 50.1 Å². The zero-order valence-corrected chi connectivity index (χ0v) is 36.0. The zero-order chi connectivity index (χ0) is 44.9. The molecule has 2 saturated carbocycles. The first-order valence-electron chi connectivity index (χ1n) is 21.4. The summed E-state index contributed by atoms with van der Waals surface area (Å²) in [4.78, 5) is 37.4. The standard InChI is InChI=1S/C44H66N2O15/c1-20-11-14-30-43(6,25(20)12-13-26(45)38(54)55)16-15-29-42(4,5)37(53)27(18-44(29,30)7)58-41-34(52)36(35(21(2)57-41)60-39(56)23-9-8-10-24(49)17-23)61-40-31(46-22(3)48)33(51)32(50)28(19-47)59-40/h8-11,17,21,25-37,40-41,47,49-53H,12-16,18-19,45H2,1-7H3,(H,46,48)(H,54,55)/t21-,25-,26-,27-,28+,29+,30-,31+,32+,33+,34+,35-,36-,37+,40-,41-,43-,44+/m0/s1. The number of aliphatic hydroxyl groups excluding tert-OH is 5. The zero-order valence-electron chi connectivity index (χ0n) is 36.0. The molecule has 2 saturated heterocycles. The molecule has 0 aromatic heterocycles. The van der Waals surface area contributed by atoms with E-state index < -0.39 is 115 Å². The average Bonchev–Trinajstić information content (AvgIpc) is 3.18. The fourth-order valence-electron chi connectivity index (χ4n) is 11.9. The van der Waals surface area contributed by atoms with Crippen LogP contribution in [0.4, 0.5) is 0 Å². The van der Waals surface area contributed by atoms with Crippen LogP contribution >= 0.6 is 0 Å². The normalized spacial score (nSPS) is 42.6. The van der Waals surface area contributed by atoms with Gasteiger partial charge in [-0.2, -0.15) is 0 Å². The molecular formula is C44H66N2O15. The Morgan fingerprint density at radius 2 is 1.67 bits per heavy atom. The SMILES string of the molecule is CC(=O)N[C@H]1[C@H](O[C@H]2[C@@H](O)[C@H](O[C@H]3C[C@@]4(C)[C@H]5CC=C(C)[C@H](CC[C@H](N)C(=O)O)[C@]5(C)CC[C@@H]4C(C)(C)[C@@H]3O)O[C@@H](C)[C@@H]2OC(=O)c2cccc(O)c2)O[C@H](CO)[C@@H](O)[C@@H]1O. The Morgan fingerprint density at radius 3 is 2.31 bits per heavy atom. The first kappa shape index (κ1) is 47.3. The Bertz CT molecular complexity index is 1790. The maximum absolute atomic E-state index is 13.5. The smallest absolute Gasteiger partial charge is 0.338 e. The molecule has 5 aliphatic rings. The van der Waals surface area contributed by atoms with Crippen molar-refractivity contribution in [3.63, 3.8) is 0 Å². The van der Waals surface area contributed by atoms with Crippen molar-refractivity contribution >= 4 is 17.8 Å². The Morgan fingerprint density at radius 1 is 0.967 bits per heavy atom. The van der Waals surface area contributed by atoms with Gasteiger partial charge in [0.05, 0.1) is 30.5 Å². The third kappa shape index (κ3) is 8.97. The molecule has 4 fully saturated rings. The number of nitrogens with one attached hydrogen (secondary N) is 1. The Balaban J connectivity index is 1.31. The van der Waals surface area contributed by atoms with Gasteiger partial charge in [0.1, 0.15) is 48.4 Å². The molecule has 10 N–H and O–H groups in total. The summed E-state index contributed by atoms with van der Waals surface area (Å²) < 4.78 is 31.0. The number of phenols is 1. The summed E-state index contributed by atoms with van der Waals surface area (Å²) in [5.74, 6) is -2.44. The van der Waals surface area contributed by atoms with E-state index in [4.69, 9.17) is 29.4 Å². The van der Waals surface area contributed by atoms with Crippen LogP contribution < -0.4 is 11.1 Å². The van der Waals surface area contributed by atoms with Crippen LogP contribution in [-0.2, 0) is 33.3 Å². The fourth-order valence-corrected chi connectivity index (χ4v) is 11.9. The molecule has 3 aliphatic carbocycles. The highest BCUT2D eigenvalue weighted by atomic mass is 16.7. The summed E-state index contributed by atoms with van der Waals surface area (Å²) >= 11 is 0. The summed E-state index contributed by atoms with van der Waals surface area (Å²) in [5.41, 5.74) is 5.91. The van der Waals surface area contributed by atoms with Crippen molar-refractivity contribution in [1.29, 1.82) is 0 Å². The van der Waals surface area contributed by atoms with Gasteiger partial charge in [-0.25, -0.2) is 4.79 Å². The maximum atomic E-state index is 13.5. The monoisotopic (exact) mass is 862 g/mol. The lowest BCUT2D eigenvalue weighted by molar-refractivity contribution is -0.358. The van der Waals surface area contributed by atoms with Crippen LogP contribution in [0.2, 0.25) is 0 Å². The Labute approximate surface area is 356 Å². The maximum Gasteiger partial charge on any atom is 0.338 e. The van der Waals surface area contributed by atoms with Crippen LogP contribution in [0.15, 0.2) is 35.9 Å². The van der Waals surface area contributed by atoms with Crippen LogP contribution in [0.25, 0.3) is 0 Å². The summed E-state index contributed by atoms with van der Waals surface area (Å²) in [6, 6.07) is 3.07. The average molecular weight is 863 g/mol. The van der Waals surface area contributed by atoms with Crippen LogP contribution in [-0.4, -0.2) is 140 Å². The summed E-state index contributed by atoms with van der Waals surface area (Å²) in [6.45, 7) is 12.7. The predicted molar refractivity (Wildman–Crippen MR) is 216 cm³/mol. The van der Waals surface area contributed by atoms with Gasteiger partial charge in [-0.15, -0.1) is 0 Å². The van der Waals surface area contributed by atoms with Gasteiger partial charge in [0, 0.05) is 6.92 Å². The number of aliphatic hydroxyl groups is 5. The minimum absolute atomic E-state index is 0.0164. The number of ether oxygens (including phenoxy) is 5. The van der Waals surface area contributed by atoms with Crippen molar-refractivity contribution in [2.75, 3.05) is 6.61 Å². The van der Waals surface area contributed by atoms with Crippen molar-refractivity contribution in [2.24, 2.45) is 39.7 Å². The Hall–Kier alpha value is -3.23. The molecule has 17 heteroatoms. The molecule has 1 amide bonds. The minimum atomic E-state index is -1.75. The van der Waals surface area contributed by atoms with E-state index in [0.29, 0.717) is 19.3 Å². The summed E-state index contributed by atoms with van der Waals surface area (Å²) in [6.07, 6.45) is -9.30. The lowest BCUT2D eigenvalue weighted by Crippen LogP contribution is -2.68. The summed E-state index contributed by atoms with van der Waals surface area (Å²) in [5, 5.41) is 78.2. The quantitative estimate of drug-likeness (QED) is 0.0822. The van der Waals surface area contributed by atoms with Gasteiger partial charge >= 0.3 is 11.9 Å². The van der Waals surface area contributed by atoms with E-state index in [-0.39, 0.29) is 34.5 Å². The number of aromatic hydroxyl groups is 1. The third-order valence-corrected chi connectivity index (χ3v) is 15.0. The molecule has 0 spiro atoms. The van der Waals surface area contributed by atoms with Crippen molar-refractivity contribution in [1.82, 2.24) is 5.32 Å². The largest absolute Gasteiger partial charge is 0.508 e. The molecule has 61 heavy (non-hydrogen) atoms. The summed E-state index contributed by atoms with van der Waals surface area (Å²) in [7, 11) is 0. The molecule has 18 atom stereocenters. The molecule has 1 aromatic rings. The number of esters is 1. The van der Waals surface area contributed by atoms with Crippen LogP contribution in [0.5, 0.6) is 5.75 Å². The second-order valence-corrected chi connectivity index (χ2v) is 19.2. The van der Waals surface area contributed by atoms with Crippen molar-refractivity contribution in [3.8, 4) is 5.75 Å². The highest BCUT2D eigenvalue weighted by molar-refractivity contribution is 5.90. The number of carboxylic acid groups (broad SMARTS) is 1. The highest BCUT2D eigenvalue weighted by Gasteiger charge is 2.65. The molecule has 17 nitrogen and oxygen atoms in total. The number of hydrogen-bond donors (Lipinski definition) is 9. The van der Waals surface area contributed by atoms with Crippen LogP contribution in [0.1, 0.15) is 97.3 Å². The van der Waals surface area contributed by atoms with Gasteiger partial charge in [-0.3, -0.25) is 9.59 Å². The first-order valence-corrected chi connectivity index (χ1v) is 21.4. The number of carbonyl (C=O) groups is 3. The van der Waals surface area contributed by atoms with E-state index in [1.807, 2.05) is 13.8 Å². The molecular weight excluding hydrogens is 796 g/mol. The topological polar surface area (TPSA) is 277 Å². The van der Waals surface area contributed by atoms with Gasteiger partial charge < -0.3 is 70.5 Å². The van der Waals surface area contributed by atoms with Crippen LogP contribution in [0, 0.1) is 34.0 Å². The fraction of sp³-hybridized carbons (Fsp3) is 0.750. The molecule has 342 valence electrons. The number of hydrogen-bond acceptors (Lipinski definition) is 15. The number of allylic oxidation sites excluding steroid dienone is 2. The molecule has 1 aromatic carbocycles. The van der Waals surface area contributed by atoms with Gasteiger partial charge in [0.15, 0.2) is 18.7 Å². The van der Waals surface area contributed by atoms with E-state index >= 15 is 0 Å². The minimum Gasteiger partial charge on any atom is -0.508 e. The molecule has 0 bridgehead atoms. The predicted octanol–water partition coefficient (Wildman–Crippen LogP) is 1.73. The lowest BCUT2D eigenvalue weighted by Gasteiger charge is -2.67. The van der Waals surface area contributed by atoms with Gasteiger partial charge in [0.2, 0.25) is 5.91 Å². The molecule has 0 radical (unpaired) electrons. The molecule has 6 rings (SSSR count). The lowest BCUT2D eigenvalue weighted by atomic mass is 9.39. The van der Waals surface area contributed by atoms with Crippen LogP contribution in [0.3, 0.4) is 0 Å². The van der Waals surface area contributed by atoms with Crippen molar-refractivity contribution < 1.29 is 73.8 Å². The highest BCUT2D eigenvalue weighted by Crippen LogP contribution is 2.69. The number of carbonyl (C=O) groups excluding carboxylic acids is 2. The van der Waals surface area contributed by atoms with Gasteiger partial charge in [-0.1, -0.05) is 45.4 Å². The van der Waals surface area contributed by atoms with E-state index in [0.717, 1.165) is 19.3 Å². The first-order chi connectivity index (χ1) is 28.5. The molecule has 0 unspecified atom stereocenters. The third-order valence-electron chi connectivity index (χ3n) is 15.0. The number of amides is 1. The second kappa shape index (κ2) is 18.1. The Kier molecular flexibility index (Phi) is 14.0. The molecule has 2 aliphatic heterocycles. The second-order valence-electron chi connectivity index (χ2n) is 19.2. The number of phenolic OH excluding ortho intramolecular Hbond substituents is 1.